The van der Waals surface area contributed by atoms with Crippen LogP contribution in [0.25, 0.3) is 0 Å². The summed E-state index contributed by atoms with van der Waals surface area (Å²) in [6.45, 7) is 7.55. The summed E-state index contributed by atoms with van der Waals surface area (Å²) in [6.07, 6.45) is 5.47. The van der Waals surface area contributed by atoms with Crippen LogP contribution < -0.4 is 5.32 Å². The van der Waals surface area contributed by atoms with E-state index in [0.717, 1.165) is 5.92 Å². The van der Waals surface area contributed by atoms with Crippen LogP contribution in [-0.2, 0) is 0 Å². The van der Waals surface area contributed by atoms with Crippen LogP contribution in [0.5, 0.6) is 0 Å². The van der Waals surface area contributed by atoms with E-state index in [1.807, 2.05) is 13.8 Å². The first-order valence-corrected chi connectivity index (χ1v) is 5.33. The molecule has 0 radical (unpaired) electrons. The molecule has 0 aromatic heterocycles. The Labute approximate surface area is 76.2 Å². The summed E-state index contributed by atoms with van der Waals surface area (Å²) in [6, 6.07) is 0. The Bertz CT molecular complexity index is 170. The molecule has 0 spiro atoms. The third-order valence-corrected chi connectivity index (χ3v) is 2.72. The van der Waals surface area contributed by atoms with E-state index >= 15 is 0 Å². The monoisotopic (exact) mass is 167 g/mol. The van der Waals surface area contributed by atoms with Crippen LogP contribution in [-0.4, -0.2) is 6.54 Å². The van der Waals surface area contributed by atoms with E-state index in [4.69, 9.17) is 0 Å². The van der Waals surface area contributed by atoms with Crippen LogP contribution in [0.4, 0.5) is 0 Å². The minimum absolute atomic E-state index is 0.829. The normalized spacial score (nSPS) is 27.1. The molecule has 0 saturated heterocycles. The van der Waals surface area contributed by atoms with Crippen LogP contribution >= 0.6 is 0 Å². The second kappa shape index (κ2) is 4.54. The molecule has 1 nitrogen and oxygen atoms in total. The number of allylic oxidation sites excluding steroid dienone is 2. The van der Waals surface area contributed by atoms with Crippen LogP contribution in [0.2, 0.25) is 0 Å². The SMILES string of the molecule is CC.CC1CCC2=C1NCCC2. The Morgan fingerprint density at radius 3 is 2.67 bits per heavy atom. The van der Waals surface area contributed by atoms with Crippen molar-refractivity contribution in [3.63, 3.8) is 0 Å². The van der Waals surface area contributed by atoms with E-state index in [0.29, 0.717) is 0 Å². The van der Waals surface area contributed by atoms with Crippen molar-refractivity contribution < 1.29 is 0 Å². The van der Waals surface area contributed by atoms with Crippen LogP contribution in [0, 0.1) is 5.92 Å². The lowest BCUT2D eigenvalue weighted by molar-refractivity contribution is 0.592. The Morgan fingerprint density at radius 2 is 2.00 bits per heavy atom. The number of nitrogens with one attached hydrogen (secondary N) is 1. The lowest BCUT2D eigenvalue weighted by atomic mass is 10.0. The van der Waals surface area contributed by atoms with Gasteiger partial charge in [0.15, 0.2) is 0 Å². The number of hydrogen-bond donors (Lipinski definition) is 1. The van der Waals surface area contributed by atoms with Crippen molar-refractivity contribution in [3.8, 4) is 0 Å². The van der Waals surface area contributed by atoms with Gasteiger partial charge in [0.1, 0.15) is 0 Å². The van der Waals surface area contributed by atoms with Gasteiger partial charge in [-0.3, -0.25) is 0 Å². The van der Waals surface area contributed by atoms with E-state index in [1.54, 1.807) is 11.3 Å². The summed E-state index contributed by atoms with van der Waals surface area (Å²) in [5, 5.41) is 3.51. The molecule has 1 N–H and O–H groups in total. The van der Waals surface area contributed by atoms with Gasteiger partial charge >= 0.3 is 0 Å². The van der Waals surface area contributed by atoms with Crippen molar-refractivity contribution in [2.75, 3.05) is 6.54 Å². The summed E-state index contributed by atoms with van der Waals surface area (Å²) < 4.78 is 0. The zero-order valence-corrected chi connectivity index (χ0v) is 8.61. The minimum Gasteiger partial charge on any atom is -0.388 e. The third-order valence-electron chi connectivity index (χ3n) is 2.72. The van der Waals surface area contributed by atoms with E-state index in [2.05, 4.69) is 12.2 Å². The molecule has 1 heteroatoms. The zero-order valence-electron chi connectivity index (χ0n) is 8.61. The molecule has 2 rings (SSSR count). The molecule has 1 unspecified atom stereocenters. The molecule has 1 heterocycles. The van der Waals surface area contributed by atoms with Crippen molar-refractivity contribution in [1.82, 2.24) is 5.32 Å². The van der Waals surface area contributed by atoms with Gasteiger partial charge in [-0.1, -0.05) is 26.3 Å². The van der Waals surface area contributed by atoms with Crippen molar-refractivity contribution >= 4 is 0 Å². The minimum atomic E-state index is 0.829. The molecule has 1 aliphatic heterocycles. The molecular formula is C11H21N. The van der Waals surface area contributed by atoms with Crippen LogP contribution in [0.1, 0.15) is 46.5 Å². The smallest absolute Gasteiger partial charge is 0.0147 e. The fraction of sp³-hybridized carbons (Fsp3) is 0.818. The molecule has 1 aliphatic carbocycles. The average molecular weight is 167 g/mol. The van der Waals surface area contributed by atoms with Gasteiger partial charge in [-0.2, -0.15) is 0 Å². The Morgan fingerprint density at radius 1 is 1.25 bits per heavy atom. The topological polar surface area (TPSA) is 12.0 Å². The first-order chi connectivity index (χ1) is 5.88. The van der Waals surface area contributed by atoms with E-state index in [1.165, 1.54) is 32.2 Å². The predicted molar refractivity (Wildman–Crippen MR) is 54.0 cm³/mol. The van der Waals surface area contributed by atoms with E-state index < -0.39 is 0 Å². The lowest BCUT2D eigenvalue weighted by Crippen LogP contribution is -2.22. The largest absolute Gasteiger partial charge is 0.388 e. The summed E-state index contributed by atoms with van der Waals surface area (Å²) in [4.78, 5) is 0. The number of rotatable bonds is 0. The highest BCUT2D eigenvalue weighted by Gasteiger charge is 2.23. The highest BCUT2D eigenvalue weighted by molar-refractivity contribution is 5.22. The molecular weight excluding hydrogens is 146 g/mol. The van der Waals surface area contributed by atoms with E-state index in [9.17, 15) is 0 Å². The first-order valence-electron chi connectivity index (χ1n) is 5.33. The molecule has 1 atom stereocenters. The van der Waals surface area contributed by atoms with Gasteiger partial charge in [-0.05, 0) is 31.6 Å². The molecule has 0 aromatic carbocycles. The first kappa shape index (κ1) is 9.63. The Balaban J connectivity index is 0.000000336. The molecule has 0 saturated carbocycles. The highest BCUT2D eigenvalue weighted by atomic mass is 14.9. The molecule has 0 amide bonds. The standard InChI is InChI=1S/C9H15N.C2H6/c1-7-4-5-8-3-2-6-10-9(7)8;1-2/h7,10H,2-6H2,1H3;1-2H3. The average Bonchev–Trinajstić information content (AvgIpc) is 2.53. The lowest BCUT2D eigenvalue weighted by Gasteiger charge is -2.18. The quantitative estimate of drug-likeness (QED) is 0.584. The molecule has 2 aliphatic rings. The summed E-state index contributed by atoms with van der Waals surface area (Å²) >= 11 is 0. The van der Waals surface area contributed by atoms with Crippen molar-refractivity contribution in [2.45, 2.75) is 46.5 Å². The van der Waals surface area contributed by atoms with Crippen LogP contribution in [0.3, 0.4) is 0 Å². The molecule has 12 heavy (non-hydrogen) atoms. The van der Waals surface area contributed by atoms with Gasteiger partial charge in [0.2, 0.25) is 0 Å². The van der Waals surface area contributed by atoms with Gasteiger partial charge < -0.3 is 5.32 Å². The van der Waals surface area contributed by atoms with Gasteiger partial charge in [-0.15, -0.1) is 0 Å². The second-order valence-electron chi connectivity index (χ2n) is 3.49. The van der Waals surface area contributed by atoms with Crippen molar-refractivity contribution in [3.05, 3.63) is 11.3 Å². The molecule has 0 fully saturated rings. The fourth-order valence-corrected chi connectivity index (χ4v) is 2.10. The zero-order chi connectivity index (χ0) is 8.97. The second-order valence-corrected chi connectivity index (χ2v) is 3.49. The van der Waals surface area contributed by atoms with Crippen molar-refractivity contribution in [1.29, 1.82) is 0 Å². The Kier molecular flexibility index (Phi) is 3.64. The van der Waals surface area contributed by atoms with Gasteiger partial charge in [0.05, 0.1) is 0 Å². The van der Waals surface area contributed by atoms with Crippen molar-refractivity contribution in [2.24, 2.45) is 5.92 Å². The summed E-state index contributed by atoms with van der Waals surface area (Å²) in [5.41, 5.74) is 3.31. The maximum Gasteiger partial charge on any atom is 0.0147 e. The summed E-state index contributed by atoms with van der Waals surface area (Å²) in [5.74, 6) is 0.829. The predicted octanol–water partition coefficient (Wildman–Crippen LogP) is 3.08. The maximum atomic E-state index is 3.51. The Hall–Kier alpha value is -0.460. The van der Waals surface area contributed by atoms with Gasteiger partial charge in [0.25, 0.3) is 0 Å². The van der Waals surface area contributed by atoms with Crippen LogP contribution in [0.15, 0.2) is 11.3 Å². The molecule has 0 bridgehead atoms. The molecule has 70 valence electrons. The number of hydrogen-bond acceptors (Lipinski definition) is 1. The maximum absolute atomic E-state index is 3.51. The highest BCUT2D eigenvalue weighted by Crippen LogP contribution is 2.34. The summed E-state index contributed by atoms with van der Waals surface area (Å²) in [7, 11) is 0. The van der Waals surface area contributed by atoms with E-state index in [-0.39, 0.29) is 0 Å². The van der Waals surface area contributed by atoms with Gasteiger partial charge in [0, 0.05) is 12.2 Å². The molecule has 0 aromatic rings. The van der Waals surface area contributed by atoms with Gasteiger partial charge in [-0.25, -0.2) is 0 Å². The fourth-order valence-electron chi connectivity index (χ4n) is 2.10. The third kappa shape index (κ3) is 1.82.